The van der Waals surface area contributed by atoms with Crippen LogP contribution >= 0.6 is 0 Å². The summed E-state index contributed by atoms with van der Waals surface area (Å²) >= 11 is 0. The second kappa shape index (κ2) is 5.48. The quantitative estimate of drug-likeness (QED) is 0.741. The Bertz CT molecular complexity index is 343. The van der Waals surface area contributed by atoms with Crippen LogP contribution in [0.3, 0.4) is 0 Å². The first-order valence-corrected chi connectivity index (χ1v) is 6.26. The second-order valence-electron chi connectivity index (χ2n) is 4.80. The first kappa shape index (κ1) is 13.0. The van der Waals surface area contributed by atoms with E-state index < -0.39 is 5.97 Å². The molecule has 2 bridgehead atoms. The molecule has 0 radical (unpaired) electrons. The topological polar surface area (TPSA) is 83.9 Å². The highest BCUT2D eigenvalue weighted by Gasteiger charge is 2.35. The summed E-state index contributed by atoms with van der Waals surface area (Å²) in [6.45, 7) is 0.198. The maximum atomic E-state index is 11.9. The summed E-state index contributed by atoms with van der Waals surface area (Å²) in [5.41, 5.74) is 0. The third-order valence-electron chi connectivity index (χ3n) is 3.37. The largest absolute Gasteiger partial charge is 0.481 e. The molecule has 0 aliphatic carbocycles. The molecule has 2 heterocycles. The van der Waals surface area contributed by atoms with Gasteiger partial charge in [-0.1, -0.05) is 0 Å². The van der Waals surface area contributed by atoms with Gasteiger partial charge in [0.1, 0.15) is 0 Å². The fourth-order valence-electron chi connectivity index (χ4n) is 2.47. The molecule has 6 nitrogen and oxygen atoms in total. The van der Waals surface area contributed by atoms with Gasteiger partial charge in [-0.25, -0.2) is 0 Å². The number of hydrogen-bond acceptors (Lipinski definition) is 4. The molecule has 2 aliphatic heterocycles. The van der Waals surface area contributed by atoms with Crippen molar-refractivity contribution >= 4 is 17.8 Å². The van der Waals surface area contributed by atoms with Crippen LogP contribution in [0.4, 0.5) is 0 Å². The van der Waals surface area contributed by atoms with Crippen LogP contribution in [-0.4, -0.2) is 46.5 Å². The Kier molecular flexibility index (Phi) is 3.96. The zero-order valence-corrected chi connectivity index (χ0v) is 10.1. The van der Waals surface area contributed by atoms with Crippen molar-refractivity contribution in [2.45, 2.75) is 50.7 Å². The van der Waals surface area contributed by atoms with Gasteiger partial charge >= 0.3 is 5.97 Å². The first-order chi connectivity index (χ1) is 8.56. The number of carboxylic acid groups (broad SMARTS) is 1. The molecule has 0 aromatic heterocycles. The predicted octanol–water partition coefficient (Wildman–Crippen LogP) is 0.548. The van der Waals surface area contributed by atoms with Gasteiger partial charge in [0, 0.05) is 13.0 Å². The number of nitrogens with zero attached hydrogens (tertiary/aromatic N) is 1. The minimum Gasteiger partial charge on any atom is -0.481 e. The molecule has 0 aromatic carbocycles. The van der Waals surface area contributed by atoms with Gasteiger partial charge in [0.25, 0.3) is 0 Å². The monoisotopic (exact) mass is 255 g/mol. The summed E-state index contributed by atoms with van der Waals surface area (Å²) in [6.07, 6.45) is 2.25. The highest BCUT2D eigenvalue weighted by Crippen LogP contribution is 2.27. The molecule has 6 heteroatoms. The molecule has 0 aromatic rings. The first-order valence-electron chi connectivity index (χ1n) is 6.26. The summed E-state index contributed by atoms with van der Waals surface area (Å²) in [7, 11) is 0. The Balaban J connectivity index is 1.96. The number of carbonyl (C=O) groups excluding carboxylic acids is 2. The maximum absolute atomic E-state index is 11.9. The van der Waals surface area contributed by atoms with E-state index in [1.54, 1.807) is 0 Å². The van der Waals surface area contributed by atoms with Crippen molar-refractivity contribution in [3.8, 4) is 0 Å². The normalized spacial score (nSPS) is 28.1. The van der Waals surface area contributed by atoms with E-state index in [1.807, 2.05) is 0 Å². The Hall–Kier alpha value is -1.43. The molecule has 100 valence electrons. The molecule has 2 atom stereocenters. The zero-order chi connectivity index (χ0) is 13.1. The predicted molar refractivity (Wildman–Crippen MR) is 60.7 cm³/mol. The van der Waals surface area contributed by atoms with Crippen LogP contribution < -0.4 is 0 Å². The Labute approximate surface area is 105 Å². The molecule has 2 fully saturated rings. The molecule has 2 aliphatic rings. The van der Waals surface area contributed by atoms with Crippen molar-refractivity contribution in [1.82, 2.24) is 4.90 Å². The average Bonchev–Trinajstić information content (AvgIpc) is 2.70. The van der Waals surface area contributed by atoms with Crippen molar-refractivity contribution in [2.24, 2.45) is 0 Å². The SMILES string of the molecule is O=C(O)CCCN1C(=O)CC2CCC(CC1=O)O2. The van der Waals surface area contributed by atoms with Crippen molar-refractivity contribution in [1.29, 1.82) is 0 Å². The lowest BCUT2D eigenvalue weighted by atomic mass is 10.1. The van der Waals surface area contributed by atoms with Crippen LogP contribution in [0.1, 0.15) is 38.5 Å². The number of ether oxygens (including phenoxy) is 1. The van der Waals surface area contributed by atoms with Gasteiger partial charge < -0.3 is 9.84 Å². The van der Waals surface area contributed by atoms with Gasteiger partial charge in [-0.3, -0.25) is 19.3 Å². The van der Waals surface area contributed by atoms with E-state index >= 15 is 0 Å². The van der Waals surface area contributed by atoms with Gasteiger partial charge in [0.15, 0.2) is 0 Å². The maximum Gasteiger partial charge on any atom is 0.303 e. The number of rotatable bonds is 4. The van der Waals surface area contributed by atoms with Gasteiger partial charge in [0.05, 0.1) is 25.0 Å². The molecule has 0 spiro atoms. The molecule has 0 saturated carbocycles. The van der Waals surface area contributed by atoms with E-state index in [1.165, 1.54) is 4.90 Å². The van der Waals surface area contributed by atoms with Gasteiger partial charge in [-0.2, -0.15) is 0 Å². The molecule has 18 heavy (non-hydrogen) atoms. The lowest BCUT2D eigenvalue weighted by Gasteiger charge is -2.26. The van der Waals surface area contributed by atoms with Crippen LogP contribution in [0.15, 0.2) is 0 Å². The van der Waals surface area contributed by atoms with Crippen LogP contribution in [0.2, 0.25) is 0 Å². The van der Waals surface area contributed by atoms with Crippen LogP contribution in [0, 0.1) is 0 Å². The summed E-state index contributed by atoms with van der Waals surface area (Å²) in [4.78, 5) is 35.5. The Morgan fingerprint density at radius 1 is 1.22 bits per heavy atom. The molecule has 1 N–H and O–H groups in total. The van der Waals surface area contributed by atoms with E-state index in [9.17, 15) is 14.4 Å². The number of hydrogen-bond donors (Lipinski definition) is 1. The lowest BCUT2D eigenvalue weighted by Crippen LogP contribution is -2.42. The van der Waals surface area contributed by atoms with Gasteiger partial charge in [-0.05, 0) is 19.3 Å². The summed E-state index contributed by atoms with van der Waals surface area (Å²) in [5, 5.41) is 8.56. The van der Waals surface area contributed by atoms with Gasteiger partial charge in [-0.15, -0.1) is 0 Å². The summed E-state index contributed by atoms with van der Waals surface area (Å²) < 4.78 is 5.57. The molecule has 2 unspecified atom stereocenters. The van der Waals surface area contributed by atoms with E-state index in [0.717, 1.165) is 12.8 Å². The number of aliphatic carboxylic acids is 1. The fraction of sp³-hybridized carbons (Fsp3) is 0.750. The van der Waals surface area contributed by atoms with Crippen molar-refractivity contribution in [3.63, 3.8) is 0 Å². The lowest BCUT2D eigenvalue weighted by molar-refractivity contribution is -0.151. The number of carboxylic acids is 1. The van der Waals surface area contributed by atoms with E-state index in [0.29, 0.717) is 6.42 Å². The highest BCUT2D eigenvalue weighted by atomic mass is 16.5. The minimum atomic E-state index is -0.912. The molecular weight excluding hydrogens is 238 g/mol. The van der Waals surface area contributed by atoms with Crippen molar-refractivity contribution in [3.05, 3.63) is 0 Å². The smallest absolute Gasteiger partial charge is 0.303 e. The standard InChI is InChI=1S/C12H17NO5/c14-10-6-8-3-4-9(18-8)7-11(15)13(10)5-1-2-12(16)17/h8-9H,1-7H2,(H,16,17). The van der Waals surface area contributed by atoms with E-state index in [-0.39, 0.29) is 49.8 Å². The molecule has 2 rings (SSSR count). The van der Waals surface area contributed by atoms with Crippen molar-refractivity contribution in [2.75, 3.05) is 6.54 Å². The highest BCUT2D eigenvalue weighted by molar-refractivity contribution is 5.96. The minimum absolute atomic E-state index is 0.0274. The number of imide groups is 1. The van der Waals surface area contributed by atoms with Crippen molar-refractivity contribution < 1.29 is 24.2 Å². The van der Waals surface area contributed by atoms with Gasteiger partial charge in [0.2, 0.25) is 11.8 Å². The van der Waals surface area contributed by atoms with Crippen LogP contribution in [0.5, 0.6) is 0 Å². The Morgan fingerprint density at radius 2 is 1.78 bits per heavy atom. The van der Waals surface area contributed by atoms with Crippen LogP contribution in [-0.2, 0) is 19.1 Å². The summed E-state index contributed by atoms with van der Waals surface area (Å²) in [5.74, 6) is -1.39. The zero-order valence-electron chi connectivity index (χ0n) is 10.1. The third-order valence-corrected chi connectivity index (χ3v) is 3.37. The summed E-state index contributed by atoms with van der Waals surface area (Å²) in [6, 6.07) is 0. The molecule has 2 saturated heterocycles. The number of fused-ring (bicyclic) bond motifs is 2. The average molecular weight is 255 g/mol. The second-order valence-corrected chi connectivity index (χ2v) is 4.80. The molecule has 2 amide bonds. The number of carbonyl (C=O) groups is 3. The van der Waals surface area contributed by atoms with E-state index in [2.05, 4.69) is 0 Å². The Morgan fingerprint density at radius 3 is 2.28 bits per heavy atom. The van der Waals surface area contributed by atoms with E-state index in [4.69, 9.17) is 9.84 Å². The molecular formula is C12H17NO5. The number of amides is 2. The van der Waals surface area contributed by atoms with Crippen LogP contribution in [0.25, 0.3) is 0 Å². The third kappa shape index (κ3) is 3.07. The fourth-order valence-corrected chi connectivity index (χ4v) is 2.47.